The number of hydrogen-bond donors (Lipinski definition) is 1. The Balaban J connectivity index is 1.58. The minimum atomic E-state index is -0.812. The van der Waals surface area contributed by atoms with Crippen LogP contribution in [0.25, 0.3) is 10.9 Å². The molecule has 1 aromatic heterocycles. The second kappa shape index (κ2) is 9.32. The van der Waals surface area contributed by atoms with Crippen LogP contribution in [-0.2, 0) is 16.1 Å². The highest BCUT2D eigenvalue weighted by Gasteiger charge is 2.34. The van der Waals surface area contributed by atoms with Crippen molar-refractivity contribution in [1.29, 1.82) is 0 Å². The molecule has 4 rings (SSSR count). The molecule has 0 spiro atoms. The van der Waals surface area contributed by atoms with Crippen LogP contribution in [-0.4, -0.2) is 40.0 Å². The van der Waals surface area contributed by atoms with Gasteiger partial charge in [0.2, 0.25) is 5.91 Å². The summed E-state index contributed by atoms with van der Waals surface area (Å²) in [6.07, 6.45) is 2.55. The van der Waals surface area contributed by atoms with Gasteiger partial charge in [-0.2, -0.15) is 0 Å². The fourth-order valence-corrected chi connectivity index (χ4v) is 4.06. The number of nitrogens with one attached hydrogen (secondary N) is 1. The molecule has 9 nitrogen and oxygen atoms in total. The van der Waals surface area contributed by atoms with E-state index in [4.69, 9.17) is 4.74 Å². The van der Waals surface area contributed by atoms with Crippen molar-refractivity contribution in [3.05, 3.63) is 64.8 Å². The molecule has 172 valence electrons. The maximum atomic E-state index is 13.4. The van der Waals surface area contributed by atoms with Gasteiger partial charge in [0, 0.05) is 35.3 Å². The lowest BCUT2D eigenvalue weighted by molar-refractivity contribution is -0.384. The molecule has 1 N–H and O–H groups in total. The van der Waals surface area contributed by atoms with Crippen LogP contribution < -0.4 is 15.0 Å². The van der Waals surface area contributed by atoms with Gasteiger partial charge in [-0.3, -0.25) is 19.7 Å². The van der Waals surface area contributed by atoms with Crippen molar-refractivity contribution < 1.29 is 19.2 Å². The molecule has 1 atom stereocenters. The third-order valence-corrected chi connectivity index (χ3v) is 5.97. The first-order valence-corrected chi connectivity index (χ1v) is 11.0. The number of aromatic nitrogens is 1. The maximum absolute atomic E-state index is 13.4. The van der Waals surface area contributed by atoms with Crippen molar-refractivity contribution in [2.75, 3.05) is 11.4 Å². The number of fused-ring (bicyclic) bond motifs is 2. The van der Waals surface area contributed by atoms with E-state index in [1.807, 2.05) is 19.9 Å². The van der Waals surface area contributed by atoms with Gasteiger partial charge < -0.3 is 19.5 Å². The zero-order valence-corrected chi connectivity index (χ0v) is 18.6. The van der Waals surface area contributed by atoms with E-state index in [9.17, 15) is 19.7 Å². The number of ether oxygens (including phenoxy) is 1. The van der Waals surface area contributed by atoms with E-state index in [-0.39, 0.29) is 36.6 Å². The number of non-ortho nitro benzene ring substituents is 1. The molecule has 3 aromatic rings. The van der Waals surface area contributed by atoms with Crippen LogP contribution in [0.1, 0.15) is 26.7 Å². The van der Waals surface area contributed by atoms with E-state index in [1.165, 1.54) is 12.1 Å². The lowest BCUT2D eigenvalue weighted by Crippen LogP contribution is -2.53. The summed E-state index contributed by atoms with van der Waals surface area (Å²) in [7, 11) is 0. The van der Waals surface area contributed by atoms with Gasteiger partial charge in [-0.05, 0) is 37.1 Å². The third kappa shape index (κ3) is 4.52. The predicted molar refractivity (Wildman–Crippen MR) is 124 cm³/mol. The monoisotopic (exact) mass is 450 g/mol. The van der Waals surface area contributed by atoms with E-state index < -0.39 is 11.0 Å². The molecule has 33 heavy (non-hydrogen) atoms. The first kappa shape index (κ1) is 22.3. The Morgan fingerprint density at radius 2 is 1.94 bits per heavy atom. The highest BCUT2D eigenvalue weighted by molar-refractivity contribution is 5.98. The van der Waals surface area contributed by atoms with Gasteiger partial charge in [0.1, 0.15) is 12.3 Å². The van der Waals surface area contributed by atoms with Crippen molar-refractivity contribution in [2.24, 2.45) is 0 Å². The van der Waals surface area contributed by atoms with Crippen molar-refractivity contribution >= 4 is 34.1 Å². The fourth-order valence-electron chi connectivity index (χ4n) is 4.06. The van der Waals surface area contributed by atoms with Gasteiger partial charge in [0.15, 0.2) is 6.10 Å². The van der Waals surface area contributed by atoms with Crippen LogP contribution in [0.5, 0.6) is 5.75 Å². The van der Waals surface area contributed by atoms with Crippen molar-refractivity contribution in [3.63, 3.8) is 0 Å². The van der Waals surface area contributed by atoms with Crippen LogP contribution in [0.4, 0.5) is 11.4 Å². The van der Waals surface area contributed by atoms with Crippen molar-refractivity contribution in [1.82, 2.24) is 9.88 Å². The molecule has 0 saturated heterocycles. The highest BCUT2D eigenvalue weighted by atomic mass is 16.6. The predicted octanol–water partition coefficient (Wildman–Crippen LogP) is 3.65. The van der Waals surface area contributed by atoms with Crippen LogP contribution in [0.3, 0.4) is 0 Å². The van der Waals surface area contributed by atoms with Gasteiger partial charge in [-0.1, -0.05) is 26.0 Å². The van der Waals surface area contributed by atoms with Crippen LogP contribution in [0.2, 0.25) is 0 Å². The molecular weight excluding hydrogens is 424 g/mol. The summed E-state index contributed by atoms with van der Waals surface area (Å²) in [4.78, 5) is 38.4. The number of carbonyl (C=O) groups excluding carboxylic acids is 2. The van der Waals surface area contributed by atoms with Crippen molar-refractivity contribution in [3.8, 4) is 5.75 Å². The van der Waals surface area contributed by atoms with Gasteiger partial charge in [0.05, 0.1) is 17.2 Å². The summed E-state index contributed by atoms with van der Waals surface area (Å²) in [6.45, 7) is 4.15. The molecule has 2 amide bonds. The molecule has 1 aliphatic rings. The Labute approximate surface area is 191 Å². The Bertz CT molecular complexity index is 1200. The lowest BCUT2D eigenvalue weighted by Gasteiger charge is -2.35. The molecular formula is C24H26N4O5. The third-order valence-electron chi connectivity index (χ3n) is 5.97. The standard InChI is InChI=1S/C24H26N4O5/c1-3-17(4-2)25-24(30)22-14-27(20-7-5-6-8-21(20)33-22)23(29)15-26-12-11-16-13-18(28(31)32)9-10-19(16)26/h5-13,17,22H,3-4,14-15H2,1-2H3,(H,25,30). The minimum absolute atomic E-state index is 0.0000000786. The Morgan fingerprint density at radius 3 is 2.67 bits per heavy atom. The summed E-state index contributed by atoms with van der Waals surface area (Å²) >= 11 is 0. The van der Waals surface area contributed by atoms with Crippen LogP contribution >= 0.6 is 0 Å². The number of rotatable bonds is 7. The number of amides is 2. The second-order valence-corrected chi connectivity index (χ2v) is 8.04. The molecule has 0 saturated carbocycles. The van der Waals surface area contributed by atoms with Gasteiger partial charge >= 0.3 is 0 Å². The Kier molecular flexibility index (Phi) is 6.30. The first-order valence-electron chi connectivity index (χ1n) is 11.0. The van der Waals surface area contributed by atoms with Crippen LogP contribution in [0, 0.1) is 10.1 Å². The molecule has 1 unspecified atom stereocenters. The zero-order chi connectivity index (χ0) is 23.5. The number of nitrogens with zero attached hydrogens (tertiary/aromatic N) is 3. The van der Waals surface area contributed by atoms with E-state index in [1.54, 1.807) is 46.0 Å². The van der Waals surface area contributed by atoms with Gasteiger partial charge in [-0.25, -0.2) is 0 Å². The molecule has 9 heteroatoms. The number of hydrogen-bond acceptors (Lipinski definition) is 5. The summed E-state index contributed by atoms with van der Waals surface area (Å²) in [5, 5.41) is 14.7. The number of carbonyl (C=O) groups is 2. The van der Waals surface area contributed by atoms with E-state index in [0.29, 0.717) is 16.8 Å². The van der Waals surface area contributed by atoms with Gasteiger partial charge in [-0.15, -0.1) is 0 Å². The average molecular weight is 450 g/mol. The highest BCUT2D eigenvalue weighted by Crippen LogP contribution is 2.33. The summed E-state index contributed by atoms with van der Waals surface area (Å²) in [5.41, 5.74) is 1.33. The number of nitro benzene ring substituents is 1. The fraction of sp³-hybridized carbons (Fsp3) is 0.333. The lowest BCUT2D eigenvalue weighted by atomic mass is 10.1. The van der Waals surface area contributed by atoms with E-state index in [2.05, 4.69) is 5.32 Å². The first-order chi connectivity index (χ1) is 15.9. The van der Waals surface area contributed by atoms with Crippen molar-refractivity contribution in [2.45, 2.75) is 45.4 Å². The smallest absolute Gasteiger partial charge is 0.270 e. The van der Waals surface area contributed by atoms with Gasteiger partial charge in [0.25, 0.3) is 11.6 Å². The molecule has 0 fully saturated rings. The molecule has 2 aromatic carbocycles. The Morgan fingerprint density at radius 1 is 1.18 bits per heavy atom. The van der Waals surface area contributed by atoms with Crippen LogP contribution in [0.15, 0.2) is 54.7 Å². The largest absolute Gasteiger partial charge is 0.477 e. The molecule has 0 aliphatic carbocycles. The normalized spacial score (nSPS) is 15.2. The maximum Gasteiger partial charge on any atom is 0.270 e. The summed E-state index contributed by atoms with van der Waals surface area (Å²) < 4.78 is 7.68. The molecule has 1 aliphatic heterocycles. The number of anilines is 1. The zero-order valence-electron chi connectivity index (χ0n) is 18.6. The average Bonchev–Trinajstić information content (AvgIpc) is 3.23. The number of para-hydroxylation sites is 2. The molecule has 0 radical (unpaired) electrons. The topological polar surface area (TPSA) is 107 Å². The second-order valence-electron chi connectivity index (χ2n) is 8.04. The summed E-state index contributed by atoms with van der Waals surface area (Å²) in [6, 6.07) is 13.5. The minimum Gasteiger partial charge on any atom is -0.477 e. The SMILES string of the molecule is CCC(CC)NC(=O)C1CN(C(=O)Cn2ccc3cc([N+](=O)[O-])ccc32)c2ccccc2O1. The summed E-state index contributed by atoms with van der Waals surface area (Å²) in [5.74, 6) is 0.0337. The molecule has 0 bridgehead atoms. The Hall–Kier alpha value is -3.88. The van der Waals surface area contributed by atoms with E-state index >= 15 is 0 Å². The van der Waals surface area contributed by atoms with E-state index in [0.717, 1.165) is 18.4 Å². The number of benzene rings is 2. The molecule has 2 heterocycles. The quantitative estimate of drug-likeness (QED) is 0.437. The number of nitro groups is 1.